The van der Waals surface area contributed by atoms with Crippen LogP contribution in [0.25, 0.3) is 64.4 Å². The van der Waals surface area contributed by atoms with E-state index in [1.807, 2.05) is 23.5 Å². The highest BCUT2D eigenvalue weighted by atomic mass is 32.1. The molecule has 3 heteroatoms. The average molecular weight is 594 g/mol. The Labute approximate surface area is 265 Å². The molecular weight excluding hydrogens is 567 g/mol. The topological polar surface area (TPSA) is 16.4 Å². The molecule has 0 aliphatic carbocycles. The van der Waals surface area contributed by atoms with Crippen molar-refractivity contribution in [2.75, 3.05) is 4.90 Å². The minimum atomic E-state index is 0.890. The number of benzene rings is 7. The summed E-state index contributed by atoms with van der Waals surface area (Å²) in [5.74, 6) is 0. The van der Waals surface area contributed by atoms with E-state index in [4.69, 9.17) is 4.42 Å². The first kappa shape index (κ1) is 25.8. The van der Waals surface area contributed by atoms with Gasteiger partial charge in [0, 0.05) is 47.9 Å². The molecule has 0 spiro atoms. The summed E-state index contributed by atoms with van der Waals surface area (Å²) in [4.78, 5) is 2.40. The Kier molecular flexibility index (Phi) is 6.03. The zero-order valence-corrected chi connectivity index (χ0v) is 25.2. The van der Waals surface area contributed by atoms with E-state index in [1.165, 1.54) is 42.4 Å². The van der Waals surface area contributed by atoms with E-state index in [2.05, 4.69) is 157 Å². The summed E-state index contributed by atoms with van der Waals surface area (Å²) in [5.41, 5.74) is 9.92. The van der Waals surface area contributed by atoms with Gasteiger partial charge in [-0.3, -0.25) is 0 Å². The van der Waals surface area contributed by atoms with Crippen LogP contribution in [-0.4, -0.2) is 0 Å². The van der Waals surface area contributed by atoms with Gasteiger partial charge in [0.05, 0.1) is 5.69 Å². The predicted molar refractivity (Wildman–Crippen MR) is 192 cm³/mol. The molecule has 0 radical (unpaired) electrons. The first-order chi connectivity index (χ1) is 22.3. The predicted octanol–water partition coefficient (Wildman–Crippen LogP) is 12.8. The molecule has 7 aromatic carbocycles. The second-order valence-electron chi connectivity index (χ2n) is 11.3. The molecule has 0 unspecified atom stereocenters. The second-order valence-corrected chi connectivity index (χ2v) is 12.4. The van der Waals surface area contributed by atoms with Gasteiger partial charge in [0.25, 0.3) is 0 Å². The summed E-state index contributed by atoms with van der Waals surface area (Å²) in [7, 11) is 0. The van der Waals surface area contributed by atoms with E-state index in [-0.39, 0.29) is 0 Å². The van der Waals surface area contributed by atoms with Gasteiger partial charge >= 0.3 is 0 Å². The third kappa shape index (κ3) is 4.24. The minimum Gasteiger partial charge on any atom is -0.456 e. The number of hydrogen-bond donors (Lipinski definition) is 0. The Morgan fingerprint density at radius 2 is 1.11 bits per heavy atom. The van der Waals surface area contributed by atoms with Gasteiger partial charge in [-0.2, -0.15) is 0 Å². The van der Waals surface area contributed by atoms with Gasteiger partial charge < -0.3 is 9.32 Å². The van der Waals surface area contributed by atoms with Crippen LogP contribution in [0.3, 0.4) is 0 Å². The number of nitrogens with zero attached hydrogens (tertiary/aromatic N) is 1. The Morgan fingerprint density at radius 3 is 1.98 bits per heavy atom. The number of hydrogen-bond acceptors (Lipinski definition) is 3. The van der Waals surface area contributed by atoms with Gasteiger partial charge in [-0.05, 0) is 71.3 Å². The van der Waals surface area contributed by atoms with Gasteiger partial charge in [0.15, 0.2) is 0 Å². The van der Waals surface area contributed by atoms with Gasteiger partial charge in [-0.15, -0.1) is 11.3 Å². The van der Waals surface area contributed by atoms with E-state index in [0.29, 0.717) is 0 Å². The second kappa shape index (κ2) is 10.5. The van der Waals surface area contributed by atoms with Crippen LogP contribution < -0.4 is 4.90 Å². The Bertz CT molecular complexity index is 2490. The molecular formula is C42H27NOS. The number of anilines is 3. The first-order valence-electron chi connectivity index (χ1n) is 15.2. The van der Waals surface area contributed by atoms with Gasteiger partial charge in [0.1, 0.15) is 11.2 Å². The van der Waals surface area contributed by atoms with Gasteiger partial charge in [-0.25, -0.2) is 0 Å². The number of fused-ring (bicyclic) bond motifs is 6. The van der Waals surface area contributed by atoms with Crippen LogP contribution in [0.4, 0.5) is 17.1 Å². The van der Waals surface area contributed by atoms with Crippen LogP contribution >= 0.6 is 11.3 Å². The van der Waals surface area contributed by atoms with E-state index >= 15 is 0 Å². The number of thiophene rings is 1. The normalized spacial score (nSPS) is 11.6. The lowest BCUT2D eigenvalue weighted by Gasteiger charge is -2.29. The molecule has 0 bridgehead atoms. The molecule has 9 rings (SSSR count). The van der Waals surface area contributed by atoms with Gasteiger partial charge in [-0.1, -0.05) is 109 Å². The molecule has 0 fully saturated rings. The lowest BCUT2D eigenvalue weighted by atomic mass is 9.89. The Hall–Kier alpha value is -5.64. The molecule has 0 N–H and O–H groups in total. The molecule has 45 heavy (non-hydrogen) atoms. The van der Waals surface area contributed by atoms with Crippen molar-refractivity contribution in [3.8, 4) is 22.3 Å². The van der Waals surface area contributed by atoms with Crippen LogP contribution in [0.2, 0.25) is 0 Å². The quantitative estimate of drug-likeness (QED) is 0.197. The maximum Gasteiger partial charge on any atom is 0.135 e. The Morgan fingerprint density at radius 1 is 0.444 bits per heavy atom. The summed E-state index contributed by atoms with van der Waals surface area (Å²) in [6.45, 7) is 0. The maximum atomic E-state index is 6.23. The molecule has 2 heterocycles. The van der Waals surface area contributed by atoms with Crippen molar-refractivity contribution < 1.29 is 4.42 Å². The maximum absolute atomic E-state index is 6.23. The van der Waals surface area contributed by atoms with Gasteiger partial charge in [0.2, 0.25) is 0 Å². The van der Waals surface area contributed by atoms with E-state index < -0.39 is 0 Å². The number of furan rings is 1. The SMILES string of the molecule is c1ccc(-c2cccc(N(c3ccccc3)c3ccc4oc5ccccc5c4c3)c2-c2cccc3sc4ccccc4c23)cc1. The zero-order chi connectivity index (χ0) is 29.7. The van der Waals surface area contributed by atoms with E-state index in [0.717, 1.165) is 39.0 Å². The molecule has 2 nitrogen and oxygen atoms in total. The smallest absolute Gasteiger partial charge is 0.135 e. The lowest BCUT2D eigenvalue weighted by molar-refractivity contribution is 0.669. The van der Waals surface area contributed by atoms with Crippen molar-refractivity contribution in [2.45, 2.75) is 0 Å². The van der Waals surface area contributed by atoms with E-state index in [9.17, 15) is 0 Å². The fraction of sp³-hybridized carbons (Fsp3) is 0. The third-order valence-corrected chi connectivity index (χ3v) is 9.81. The van der Waals surface area contributed by atoms with Crippen LogP contribution in [0.5, 0.6) is 0 Å². The Balaban J connectivity index is 1.39. The lowest BCUT2D eigenvalue weighted by Crippen LogP contribution is -2.11. The molecule has 212 valence electrons. The van der Waals surface area contributed by atoms with Crippen molar-refractivity contribution in [1.29, 1.82) is 0 Å². The molecule has 2 aromatic heterocycles. The summed E-state index contributed by atoms with van der Waals surface area (Å²) in [6, 6.07) is 58.5. The van der Waals surface area contributed by atoms with Crippen LogP contribution in [0.15, 0.2) is 168 Å². The van der Waals surface area contributed by atoms with E-state index in [1.54, 1.807) is 0 Å². The monoisotopic (exact) mass is 593 g/mol. The van der Waals surface area contributed by atoms with Crippen LogP contribution in [-0.2, 0) is 0 Å². The minimum absolute atomic E-state index is 0.890. The number of rotatable bonds is 5. The van der Waals surface area contributed by atoms with Crippen LogP contribution in [0, 0.1) is 0 Å². The highest BCUT2D eigenvalue weighted by molar-refractivity contribution is 7.25. The molecule has 0 amide bonds. The summed E-state index contributed by atoms with van der Waals surface area (Å²) in [6.07, 6.45) is 0. The number of para-hydroxylation sites is 2. The highest BCUT2D eigenvalue weighted by Gasteiger charge is 2.23. The summed E-state index contributed by atoms with van der Waals surface area (Å²) in [5, 5.41) is 4.82. The summed E-state index contributed by atoms with van der Waals surface area (Å²) < 4.78 is 8.82. The van der Waals surface area contributed by atoms with Crippen LogP contribution in [0.1, 0.15) is 0 Å². The molecule has 0 saturated heterocycles. The van der Waals surface area contributed by atoms with Crippen molar-refractivity contribution >= 4 is 70.5 Å². The highest BCUT2D eigenvalue weighted by Crippen LogP contribution is 2.49. The molecule has 0 atom stereocenters. The average Bonchev–Trinajstić information content (AvgIpc) is 3.68. The van der Waals surface area contributed by atoms with Crippen molar-refractivity contribution in [2.24, 2.45) is 0 Å². The zero-order valence-electron chi connectivity index (χ0n) is 24.4. The fourth-order valence-electron chi connectivity index (χ4n) is 6.71. The van der Waals surface area contributed by atoms with Crippen molar-refractivity contribution in [1.82, 2.24) is 0 Å². The molecule has 0 saturated carbocycles. The molecule has 9 aromatic rings. The standard InChI is InChI=1S/C42H27NOS/c1-3-13-28(14-4-1)31-19-11-21-36(41(31)34-20-12-24-40-42(34)33-18-8-10-23-39(33)45-40)43(29-15-5-2-6-16-29)30-25-26-38-35(27-30)32-17-7-9-22-37(32)44-38/h1-27H. The largest absolute Gasteiger partial charge is 0.456 e. The summed E-state index contributed by atoms with van der Waals surface area (Å²) >= 11 is 1.86. The third-order valence-electron chi connectivity index (χ3n) is 8.67. The first-order valence-corrected chi connectivity index (χ1v) is 16.0. The van der Waals surface area contributed by atoms with Crippen molar-refractivity contribution in [3.05, 3.63) is 164 Å². The molecule has 0 aliphatic heterocycles. The fourth-order valence-corrected chi connectivity index (χ4v) is 7.84. The van der Waals surface area contributed by atoms with Crippen molar-refractivity contribution in [3.63, 3.8) is 0 Å². The molecule has 0 aliphatic rings.